The average molecular weight is 220 g/mol. The van der Waals surface area contributed by atoms with Crippen molar-refractivity contribution in [2.24, 2.45) is 0 Å². The molecule has 0 aliphatic carbocycles. The Bertz CT molecular complexity index is 404. The number of nitrogen functional groups attached to an aromatic ring is 1. The normalized spacial score (nSPS) is 11.4. The van der Waals surface area contributed by atoms with E-state index in [-0.39, 0.29) is 12.5 Å². The van der Waals surface area contributed by atoms with E-state index in [1.165, 1.54) is 13.2 Å². The van der Waals surface area contributed by atoms with Gasteiger partial charge in [-0.25, -0.2) is 4.68 Å². The van der Waals surface area contributed by atoms with Crippen LogP contribution in [0.15, 0.2) is 0 Å². The molecule has 82 valence electrons. The summed E-state index contributed by atoms with van der Waals surface area (Å²) in [4.78, 5) is 0. The van der Waals surface area contributed by atoms with Gasteiger partial charge >= 0.3 is 6.18 Å². The van der Waals surface area contributed by atoms with Crippen LogP contribution in [0.2, 0.25) is 0 Å². The van der Waals surface area contributed by atoms with Crippen LogP contribution in [0.25, 0.3) is 0 Å². The van der Waals surface area contributed by atoms with Gasteiger partial charge in [0.2, 0.25) is 0 Å². The summed E-state index contributed by atoms with van der Waals surface area (Å²) in [5.74, 6) is -0.355. The van der Waals surface area contributed by atoms with Gasteiger partial charge in [-0.15, -0.1) is 0 Å². The fourth-order valence-corrected chi connectivity index (χ4v) is 1.00. The fourth-order valence-electron chi connectivity index (χ4n) is 1.00. The Kier molecular flexibility index (Phi) is 2.85. The van der Waals surface area contributed by atoms with E-state index in [0.717, 1.165) is 4.68 Å². The van der Waals surface area contributed by atoms with Crippen molar-refractivity contribution < 1.29 is 17.9 Å². The summed E-state index contributed by atoms with van der Waals surface area (Å²) < 4.78 is 42.4. The summed E-state index contributed by atoms with van der Waals surface area (Å²) in [6.45, 7) is -0.239. The molecule has 1 aromatic rings. The van der Waals surface area contributed by atoms with E-state index in [4.69, 9.17) is 11.0 Å². The first-order chi connectivity index (χ1) is 6.91. The molecule has 0 aromatic carbocycles. The maximum Gasteiger partial charge on any atom is 0.436 e. The van der Waals surface area contributed by atoms with Crippen molar-refractivity contribution in [2.75, 3.05) is 12.8 Å². The second-order valence-corrected chi connectivity index (χ2v) is 2.64. The largest absolute Gasteiger partial charge is 0.436 e. The van der Waals surface area contributed by atoms with Crippen LogP contribution in [-0.2, 0) is 17.6 Å². The molecule has 0 saturated heterocycles. The average Bonchev–Trinajstić information content (AvgIpc) is 2.44. The summed E-state index contributed by atoms with van der Waals surface area (Å²) in [6.07, 6.45) is -4.70. The molecule has 0 amide bonds. The minimum absolute atomic E-state index is 0.239. The van der Waals surface area contributed by atoms with Gasteiger partial charge in [-0.3, -0.25) is 0 Å². The number of nitriles is 1. The highest BCUT2D eigenvalue weighted by Gasteiger charge is 2.39. The molecule has 5 nitrogen and oxygen atoms in total. The molecule has 0 unspecified atom stereocenters. The van der Waals surface area contributed by atoms with Crippen LogP contribution in [0.1, 0.15) is 11.3 Å². The highest BCUT2D eigenvalue weighted by molar-refractivity contribution is 5.52. The Labute approximate surface area is 82.8 Å². The molecule has 1 heterocycles. The molecule has 1 aromatic heterocycles. The molecular formula is C7H7F3N4O. The van der Waals surface area contributed by atoms with E-state index in [1.807, 2.05) is 0 Å². The number of methoxy groups -OCH3 is 1. The first kappa shape index (κ1) is 11.3. The van der Waals surface area contributed by atoms with Crippen LogP contribution in [0, 0.1) is 11.3 Å². The molecule has 2 N–H and O–H groups in total. The number of halogens is 3. The fraction of sp³-hybridized carbons (Fsp3) is 0.429. The summed E-state index contributed by atoms with van der Waals surface area (Å²) in [7, 11) is 1.28. The van der Waals surface area contributed by atoms with Crippen LogP contribution in [0.3, 0.4) is 0 Å². The summed E-state index contributed by atoms with van der Waals surface area (Å²) in [5.41, 5.74) is 3.32. The Morgan fingerprint density at radius 2 is 2.20 bits per heavy atom. The molecular weight excluding hydrogens is 213 g/mol. The van der Waals surface area contributed by atoms with Crippen molar-refractivity contribution in [3.63, 3.8) is 0 Å². The number of hydrogen-bond donors (Lipinski definition) is 1. The van der Waals surface area contributed by atoms with E-state index in [0.29, 0.717) is 0 Å². The first-order valence-electron chi connectivity index (χ1n) is 3.74. The lowest BCUT2D eigenvalue weighted by atomic mass is 10.2. The molecule has 15 heavy (non-hydrogen) atoms. The van der Waals surface area contributed by atoms with Crippen molar-refractivity contribution in [1.29, 1.82) is 5.26 Å². The molecule has 0 fully saturated rings. The minimum atomic E-state index is -4.70. The van der Waals surface area contributed by atoms with E-state index in [1.54, 1.807) is 0 Å². The van der Waals surface area contributed by atoms with Crippen LogP contribution in [0.5, 0.6) is 0 Å². The van der Waals surface area contributed by atoms with Gasteiger partial charge in [-0.1, -0.05) is 0 Å². The Morgan fingerprint density at radius 1 is 1.60 bits per heavy atom. The van der Waals surface area contributed by atoms with E-state index < -0.39 is 17.4 Å². The van der Waals surface area contributed by atoms with Gasteiger partial charge in [-0.05, 0) is 0 Å². The highest BCUT2D eigenvalue weighted by Crippen LogP contribution is 2.32. The van der Waals surface area contributed by atoms with Crippen LogP contribution in [-0.4, -0.2) is 16.9 Å². The van der Waals surface area contributed by atoms with Gasteiger partial charge in [0.1, 0.15) is 24.2 Å². The Morgan fingerprint density at radius 3 is 2.53 bits per heavy atom. The molecule has 0 atom stereocenters. The Balaban J connectivity index is 3.30. The number of anilines is 1. The second-order valence-electron chi connectivity index (χ2n) is 2.64. The second kappa shape index (κ2) is 3.78. The molecule has 0 radical (unpaired) electrons. The lowest BCUT2D eigenvalue weighted by Crippen LogP contribution is -2.10. The zero-order valence-corrected chi connectivity index (χ0v) is 7.67. The predicted molar refractivity (Wildman–Crippen MR) is 43.4 cm³/mol. The SMILES string of the molecule is COCn1nc(C(F)(F)F)c(C#N)c1N. The zero-order valence-electron chi connectivity index (χ0n) is 7.67. The molecule has 0 bridgehead atoms. The zero-order chi connectivity index (χ0) is 11.6. The third-order valence-corrected chi connectivity index (χ3v) is 1.62. The van der Waals surface area contributed by atoms with Crippen molar-refractivity contribution in [3.8, 4) is 6.07 Å². The van der Waals surface area contributed by atoms with Crippen molar-refractivity contribution in [1.82, 2.24) is 9.78 Å². The van der Waals surface area contributed by atoms with Gasteiger partial charge in [0, 0.05) is 7.11 Å². The maximum atomic E-state index is 12.3. The maximum absolute atomic E-state index is 12.3. The van der Waals surface area contributed by atoms with Gasteiger partial charge in [-0.2, -0.15) is 23.5 Å². The third kappa shape index (κ3) is 2.02. The number of hydrogen-bond acceptors (Lipinski definition) is 4. The molecule has 0 spiro atoms. The van der Waals surface area contributed by atoms with E-state index in [2.05, 4.69) is 9.84 Å². The summed E-state index contributed by atoms with van der Waals surface area (Å²) in [6, 6.07) is 1.37. The van der Waals surface area contributed by atoms with E-state index >= 15 is 0 Å². The third-order valence-electron chi connectivity index (χ3n) is 1.62. The number of ether oxygens (including phenoxy) is 1. The topological polar surface area (TPSA) is 76.9 Å². The predicted octanol–water partition coefficient (Wildman–Crippen LogP) is 0.960. The number of aromatic nitrogens is 2. The standard InChI is InChI=1S/C7H7F3N4O/c1-15-3-14-6(12)4(2-11)5(13-14)7(8,9)10/h3,12H2,1H3. The molecule has 1 rings (SSSR count). The highest BCUT2D eigenvalue weighted by atomic mass is 19.4. The Hall–Kier alpha value is -1.75. The molecule has 8 heteroatoms. The van der Waals surface area contributed by atoms with Crippen LogP contribution in [0.4, 0.5) is 19.0 Å². The molecule has 0 aliphatic rings. The number of nitrogens with zero attached hydrogens (tertiary/aromatic N) is 3. The van der Waals surface area contributed by atoms with Crippen molar-refractivity contribution >= 4 is 5.82 Å². The smallest absolute Gasteiger partial charge is 0.383 e. The van der Waals surface area contributed by atoms with E-state index in [9.17, 15) is 13.2 Å². The summed E-state index contributed by atoms with van der Waals surface area (Å²) in [5, 5.41) is 11.7. The van der Waals surface area contributed by atoms with Crippen molar-refractivity contribution in [3.05, 3.63) is 11.3 Å². The molecule has 0 aliphatic heterocycles. The number of nitrogens with two attached hydrogens (primary N) is 1. The minimum Gasteiger partial charge on any atom is -0.383 e. The quantitative estimate of drug-likeness (QED) is 0.805. The van der Waals surface area contributed by atoms with Crippen LogP contribution >= 0.6 is 0 Å². The monoisotopic (exact) mass is 220 g/mol. The molecule has 0 saturated carbocycles. The number of alkyl halides is 3. The lowest BCUT2D eigenvalue weighted by Gasteiger charge is -2.01. The summed E-state index contributed by atoms with van der Waals surface area (Å²) >= 11 is 0. The van der Waals surface area contributed by atoms with Gasteiger partial charge in [0.15, 0.2) is 5.69 Å². The van der Waals surface area contributed by atoms with Crippen LogP contribution < -0.4 is 5.73 Å². The van der Waals surface area contributed by atoms with Gasteiger partial charge in [0.25, 0.3) is 0 Å². The lowest BCUT2D eigenvalue weighted by molar-refractivity contribution is -0.141. The first-order valence-corrected chi connectivity index (χ1v) is 3.74. The van der Waals surface area contributed by atoms with Gasteiger partial charge < -0.3 is 10.5 Å². The number of rotatable bonds is 2. The van der Waals surface area contributed by atoms with Crippen molar-refractivity contribution in [2.45, 2.75) is 12.9 Å². The van der Waals surface area contributed by atoms with Gasteiger partial charge in [0.05, 0.1) is 0 Å².